The topological polar surface area (TPSA) is 84.5 Å². The summed E-state index contributed by atoms with van der Waals surface area (Å²) in [5.74, 6) is -1.58. The molecule has 7 heteroatoms. The van der Waals surface area contributed by atoms with Gasteiger partial charge in [-0.15, -0.1) is 0 Å². The lowest BCUT2D eigenvalue weighted by Gasteiger charge is -2.11. The van der Waals surface area contributed by atoms with Crippen LogP contribution in [-0.2, 0) is 14.3 Å². The van der Waals surface area contributed by atoms with Gasteiger partial charge in [0.1, 0.15) is 12.2 Å². The Morgan fingerprint density at radius 2 is 1.81 bits per heavy atom. The minimum Gasteiger partial charge on any atom is -0.465 e. The van der Waals surface area contributed by atoms with Crippen molar-refractivity contribution in [3.63, 3.8) is 0 Å². The van der Waals surface area contributed by atoms with Crippen LogP contribution in [0.1, 0.15) is 22.8 Å². The monoisotopic (exact) mass is 430 g/mol. The molecule has 0 spiro atoms. The fraction of sp³-hybridized carbons (Fsp3) is 0.150. The lowest BCUT2D eigenvalue weighted by atomic mass is 10.1. The van der Waals surface area contributed by atoms with Crippen LogP contribution in [0, 0.1) is 0 Å². The maximum absolute atomic E-state index is 12.5. The molecule has 2 aromatic rings. The van der Waals surface area contributed by atoms with E-state index in [4.69, 9.17) is 4.74 Å². The SMILES string of the molecule is CCOC(=O)CNC(=O)C(=Cc1ccccc1)NC(=O)c1cccc(Br)c1. The third-order valence-corrected chi connectivity index (χ3v) is 3.88. The fourth-order valence-corrected chi connectivity index (χ4v) is 2.56. The first-order chi connectivity index (χ1) is 13.0. The van der Waals surface area contributed by atoms with Crippen LogP contribution in [0.15, 0.2) is 64.8 Å². The molecule has 2 amide bonds. The number of benzene rings is 2. The lowest BCUT2D eigenvalue weighted by molar-refractivity contribution is -0.143. The van der Waals surface area contributed by atoms with E-state index in [2.05, 4.69) is 26.6 Å². The van der Waals surface area contributed by atoms with Crippen molar-refractivity contribution < 1.29 is 19.1 Å². The number of carbonyl (C=O) groups excluding carboxylic acids is 3. The van der Waals surface area contributed by atoms with Crippen LogP contribution in [0.5, 0.6) is 0 Å². The van der Waals surface area contributed by atoms with E-state index in [1.165, 1.54) is 6.08 Å². The van der Waals surface area contributed by atoms with Crippen molar-refractivity contribution in [3.05, 3.63) is 75.9 Å². The van der Waals surface area contributed by atoms with Crippen LogP contribution in [0.3, 0.4) is 0 Å². The van der Waals surface area contributed by atoms with E-state index in [0.717, 1.165) is 10.0 Å². The number of carbonyl (C=O) groups is 3. The van der Waals surface area contributed by atoms with Gasteiger partial charge in [-0.25, -0.2) is 0 Å². The molecule has 0 aliphatic heterocycles. The molecular formula is C20H19BrN2O4. The maximum atomic E-state index is 12.5. The first-order valence-electron chi connectivity index (χ1n) is 8.27. The second-order valence-electron chi connectivity index (χ2n) is 5.42. The minimum absolute atomic E-state index is 0.0236. The van der Waals surface area contributed by atoms with Gasteiger partial charge in [0.2, 0.25) is 0 Å². The normalized spacial score (nSPS) is 10.8. The smallest absolute Gasteiger partial charge is 0.325 e. The third-order valence-electron chi connectivity index (χ3n) is 3.39. The average Bonchev–Trinajstić information content (AvgIpc) is 2.66. The molecule has 0 radical (unpaired) electrons. The number of ether oxygens (including phenoxy) is 1. The molecule has 0 saturated carbocycles. The summed E-state index contributed by atoms with van der Waals surface area (Å²) in [6, 6.07) is 15.9. The Balaban J connectivity index is 2.19. The zero-order valence-corrected chi connectivity index (χ0v) is 16.3. The van der Waals surface area contributed by atoms with Gasteiger partial charge in [-0.2, -0.15) is 0 Å². The first-order valence-corrected chi connectivity index (χ1v) is 9.06. The molecule has 0 saturated heterocycles. The fourth-order valence-electron chi connectivity index (χ4n) is 2.16. The van der Waals surface area contributed by atoms with Crippen LogP contribution in [0.4, 0.5) is 0 Å². The molecule has 27 heavy (non-hydrogen) atoms. The van der Waals surface area contributed by atoms with Gasteiger partial charge in [0, 0.05) is 10.0 Å². The molecule has 0 aliphatic rings. The van der Waals surface area contributed by atoms with E-state index in [9.17, 15) is 14.4 Å². The van der Waals surface area contributed by atoms with Crippen molar-refractivity contribution in [3.8, 4) is 0 Å². The van der Waals surface area contributed by atoms with Crippen LogP contribution in [0.25, 0.3) is 6.08 Å². The van der Waals surface area contributed by atoms with E-state index in [1.54, 1.807) is 43.3 Å². The summed E-state index contributed by atoms with van der Waals surface area (Å²) in [6.45, 7) is 1.62. The highest BCUT2D eigenvalue weighted by molar-refractivity contribution is 9.10. The van der Waals surface area contributed by atoms with E-state index >= 15 is 0 Å². The van der Waals surface area contributed by atoms with E-state index in [1.807, 2.05) is 18.2 Å². The number of halogens is 1. The molecule has 6 nitrogen and oxygen atoms in total. The van der Waals surface area contributed by atoms with E-state index in [-0.39, 0.29) is 18.8 Å². The second-order valence-corrected chi connectivity index (χ2v) is 6.34. The van der Waals surface area contributed by atoms with Gasteiger partial charge < -0.3 is 15.4 Å². The van der Waals surface area contributed by atoms with Crippen LogP contribution < -0.4 is 10.6 Å². The third kappa shape index (κ3) is 6.71. The highest BCUT2D eigenvalue weighted by Crippen LogP contribution is 2.12. The zero-order chi connectivity index (χ0) is 19.6. The molecule has 0 atom stereocenters. The van der Waals surface area contributed by atoms with Gasteiger partial charge >= 0.3 is 5.97 Å². The molecule has 0 aliphatic carbocycles. The number of hydrogen-bond acceptors (Lipinski definition) is 4. The molecule has 0 unspecified atom stereocenters. The van der Waals surface area contributed by atoms with Gasteiger partial charge in [0.05, 0.1) is 6.61 Å². The summed E-state index contributed by atoms with van der Waals surface area (Å²) in [5.41, 5.74) is 1.14. The molecule has 0 aromatic heterocycles. The summed E-state index contributed by atoms with van der Waals surface area (Å²) >= 11 is 3.31. The zero-order valence-electron chi connectivity index (χ0n) is 14.7. The highest BCUT2D eigenvalue weighted by Gasteiger charge is 2.16. The summed E-state index contributed by atoms with van der Waals surface area (Å²) < 4.78 is 5.53. The van der Waals surface area contributed by atoms with E-state index in [0.29, 0.717) is 5.56 Å². The maximum Gasteiger partial charge on any atom is 0.325 e. The standard InChI is InChI=1S/C20H19BrN2O4/c1-2-27-18(24)13-22-20(26)17(11-14-7-4-3-5-8-14)23-19(25)15-9-6-10-16(21)12-15/h3-12H,2,13H2,1H3,(H,22,26)(H,23,25). The number of rotatable bonds is 7. The predicted molar refractivity (Wildman–Crippen MR) is 106 cm³/mol. The molecule has 140 valence electrons. The second kappa shape index (κ2) is 10.3. The molecule has 2 N–H and O–H groups in total. The van der Waals surface area contributed by atoms with Gasteiger partial charge in [-0.05, 0) is 36.8 Å². The van der Waals surface area contributed by atoms with E-state index < -0.39 is 17.8 Å². The van der Waals surface area contributed by atoms with Crippen molar-refractivity contribution in [2.45, 2.75) is 6.92 Å². The van der Waals surface area contributed by atoms with Crippen molar-refractivity contribution in [1.29, 1.82) is 0 Å². The molecule has 2 aromatic carbocycles. The predicted octanol–water partition coefficient (Wildman–Crippen LogP) is 2.90. The Morgan fingerprint density at radius 3 is 2.48 bits per heavy atom. The molecule has 2 rings (SSSR count). The average molecular weight is 431 g/mol. The summed E-state index contributed by atoms with van der Waals surface area (Å²) in [6.07, 6.45) is 1.54. The first kappa shape index (κ1) is 20.4. The van der Waals surface area contributed by atoms with Gasteiger partial charge in [0.25, 0.3) is 11.8 Å². The van der Waals surface area contributed by atoms with Crippen molar-refractivity contribution in [2.24, 2.45) is 0 Å². The molecular weight excluding hydrogens is 412 g/mol. The highest BCUT2D eigenvalue weighted by atomic mass is 79.9. The molecule has 0 heterocycles. The Labute approximate surface area is 165 Å². The van der Waals surface area contributed by atoms with Crippen LogP contribution in [0.2, 0.25) is 0 Å². The molecule has 0 bridgehead atoms. The number of nitrogens with one attached hydrogen (secondary N) is 2. The lowest BCUT2D eigenvalue weighted by Crippen LogP contribution is -2.37. The summed E-state index contributed by atoms with van der Waals surface area (Å²) in [4.78, 5) is 36.4. The Morgan fingerprint density at radius 1 is 1.07 bits per heavy atom. The Kier molecular flexibility index (Phi) is 7.76. The van der Waals surface area contributed by atoms with Gasteiger partial charge in [0.15, 0.2) is 0 Å². The number of hydrogen-bond donors (Lipinski definition) is 2. The Bertz CT molecular complexity index is 850. The van der Waals surface area contributed by atoms with Crippen LogP contribution >= 0.6 is 15.9 Å². The van der Waals surface area contributed by atoms with Gasteiger partial charge in [-0.1, -0.05) is 52.3 Å². The minimum atomic E-state index is -0.588. The summed E-state index contributed by atoms with van der Waals surface area (Å²) in [5, 5.41) is 5.05. The number of esters is 1. The van der Waals surface area contributed by atoms with Crippen molar-refractivity contribution in [2.75, 3.05) is 13.2 Å². The van der Waals surface area contributed by atoms with Gasteiger partial charge in [-0.3, -0.25) is 14.4 Å². The van der Waals surface area contributed by atoms with Crippen molar-refractivity contribution in [1.82, 2.24) is 10.6 Å². The van der Waals surface area contributed by atoms with Crippen LogP contribution in [-0.4, -0.2) is 30.9 Å². The van der Waals surface area contributed by atoms with Crippen molar-refractivity contribution >= 4 is 39.8 Å². The Hall–Kier alpha value is -2.93. The quantitative estimate of drug-likeness (QED) is 0.522. The largest absolute Gasteiger partial charge is 0.465 e. The summed E-state index contributed by atoms with van der Waals surface area (Å²) in [7, 11) is 0. The number of amides is 2. The molecule has 0 fully saturated rings.